The molecule has 0 heterocycles. The molecule has 2 N–H and O–H groups in total. The summed E-state index contributed by atoms with van der Waals surface area (Å²) in [6, 6.07) is 0. The van der Waals surface area contributed by atoms with Gasteiger partial charge in [-0.3, -0.25) is 10.3 Å². The Kier molecular flexibility index (Phi) is 4.65. The second-order valence-corrected chi connectivity index (χ2v) is 0.804. The van der Waals surface area contributed by atoms with Crippen molar-refractivity contribution in [3.05, 3.63) is 0 Å². The summed E-state index contributed by atoms with van der Waals surface area (Å²) in [5.74, 6) is 0. The van der Waals surface area contributed by atoms with E-state index in [2.05, 4.69) is 20.8 Å². The highest BCUT2D eigenvalue weighted by Gasteiger charge is 1.60. The van der Waals surface area contributed by atoms with Crippen molar-refractivity contribution in [2.45, 2.75) is 0 Å². The third kappa shape index (κ3) is 5.23. The summed E-state index contributed by atoms with van der Waals surface area (Å²) < 4.78 is 0. The fourth-order valence-electron chi connectivity index (χ4n) is 0.144. The minimum atomic E-state index is 1.40. The molecule has 0 amide bonds. The topological polar surface area (TPSA) is 45.7 Å². The van der Waals surface area contributed by atoms with Gasteiger partial charge >= 0.3 is 0 Å². The van der Waals surface area contributed by atoms with E-state index in [0.29, 0.717) is 0 Å². The number of nitrogens with zero attached hydrogens (tertiary/aromatic N) is 1. The molecule has 0 aliphatic carbocycles. The van der Waals surface area contributed by atoms with Crippen molar-refractivity contribution in [1.82, 2.24) is 10.9 Å². The largest absolute Gasteiger partial charge is 0.312 e. The molecule has 0 fully saturated rings. The molecular formula is C3H9N3O. The zero-order chi connectivity index (χ0) is 5.54. The molecule has 0 rings (SSSR count). The molecule has 4 nitrogen and oxygen atoms in total. The first-order valence-electron chi connectivity index (χ1n) is 1.88. The smallest absolute Gasteiger partial charge is 0.132 e. The van der Waals surface area contributed by atoms with Crippen LogP contribution >= 0.6 is 0 Å². The van der Waals surface area contributed by atoms with E-state index >= 15 is 0 Å². The number of hydrogen-bond donors (Lipinski definition) is 2. The van der Waals surface area contributed by atoms with Crippen LogP contribution in [0.4, 0.5) is 0 Å². The molecular weight excluding hydrogens is 94.1 g/mol. The maximum absolute atomic E-state index is 4.40. The first-order valence-corrected chi connectivity index (χ1v) is 1.88. The van der Waals surface area contributed by atoms with Crippen molar-refractivity contribution in [2.24, 2.45) is 5.10 Å². The summed E-state index contributed by atoms with van der Waals surface area (Å²) in [5.41, 5.74) is 4.92. The Morgan fingerprint density at radius 3 is 2.86 bits per heavy atom. The summed E-state index contributed by atoms with van der Waals surface area (Å²) in [5, 5.41) is 3.55. The van der Waals surface area contributed by atoms with Gasteiger partial charge in [-0.05, 0) is 0 Å². The summed E-state index contributed by atoms with van der Waals surface area (Å²) in [4.78, 5) is 4.40. The van der Waals surface area contributed by atoms with Gasteiger partial charge in [-0.15, -0.1) is 0 Å². The van der Waals surface area contributed by atoms with Crippen LogP contribution in [-0.4, -0.2) is 20.5 Å². The van der Waals surface area contributed by atoms with Crippen molar-refractivity contribution in [2.75, 3.05) is 14.2 Å². The van der Waals surface area contributed by atoms with E-state index in [1.165, 1.54) is 13.4 Å². The van der Waals surface area contributed by atoms with Gasteiger partial charge in [0.15, 0.2) is 0 Å². The molecule has 0 saturated carbocycles. The monoisotopic (exact) mass is 103 g/mol. The quantitative estimate of drug-likeness (QED) is 0.282. The van der Waals surface area contributed by atoms with E-state index in [1.54, 1.807) is 7.05 Å². The Balaban J connectivity index is 2.78. The van der Waals surface area contributed by atoms with Crippen LogP contribution < -0.4 is 10.9 Å². The second-order valence-electron chi connectivity index (χ2n) is 0.804. The Hall–Kier alpha value is -0.770. The molecule has 0 aromatic carbocycles. The van der Waals surface area contributed by atoms with Crippen LogP contribution in [0.2, 0.25) is 0 Å². The Labute approximate surface area is 42.5 Å². The predicted molar refractivity (Wildman–Crippen MR) is 27.7 cm³/mol. The molecule has 42 valence electrons. The summed E-state index contributed by atoms with van der Waals surface area (Å²) in [6.07, 6.45) is 1.40. The lowest BCUT2D eigenvalue weighted by Gasteiger charge is -1.89. The number of hydroxylamine groups is 1. The number of hydrazone groups is 1. The van der Waals surface area contributed by atoms with E-state index in [0.717, 1.165) is 0 Å². The third-order valence-electron chi connectivity index (χ3n) is 0.364. The number of hydrogen-bond acceptors (Lipinski definition) is 3. The Morgan fingerprint density at radius 1 is 1.71 bits per heavy atom. The van der Waals surface area contributed by atoms with Gasteiger partial charge in [0.05, 0.1) is 7.11 Å². The number of nitrogens with one attached hydrogen (secondary N) is 2. The lowest BCUT2D eigenvalue weighted by molar-refractivity contribution is 0.148. The molecule has 0 aliphatic heterocycles. The van der Waals surface area contributed by atoms with Crippen LogP contribution in [0, 0.1) is 0 Å². The molecule has 0 aromatic heterocycles. The molecule has 0 aromatic rings. The van der Waals surface area contributed by atoms with Crippen molar-refractivity contribution in [1.29, 1.82) is 0 Å². The molecule has 0 aliphatic rings. The van der Waals surface area contributed by atoms with Gasteiger partial charge in [0, 0.05) is 7.05 Å². The molecule has 0 atom stereocenters. The molecule has 0 unspecified atom stereocenters. The first kappa shape index (κ1) is 6.23. The summed E-state index contributed by atoms with van der Waals surface area (Å²) in [7, 11) is 3.22. The zero-order valence-electron chi connectivity index (χ0n) is 4.43. The second kappa shape index (κ2) is 5.23. The van der Waals surface area contributed by atoms with Gasteiger partial charge in [-0.1, -0.05) is 0 Å². The summed E-state index contributed by atoms with van der Waals surface area (Å²) in [6.45, 7) is 0. The van der Waals surface area contributed by atoms with Gasteiger partial charge in [0.1, 0.15) is 6.34 Å². The van der Waals surface area contributed by atoms with Crippen LogP contribution in [-0.2, 0) is 4.84 Å². The Bertz CT molecular complexity index is 54.1. The van der Waals surface area contributed by atoms with E-state index < -0.39 is 0 Å². The molecule has 4 heteroatoms. The van der Waals surface area contributed by atoms with E-state index in [1.807, 2.05) is 0 Å². The lowest BCUT2D eigenvalue weighted by Crippen LogP contribution is -2.10. The standard InChI is InChI=1S/C3H9N3O/c1-4-5-3-6-7-2/h3-4H,1-2H3,(H,5,6). The van der Waals surface area contributed by atoms with Gasteiger partial charge in [0.25, 0.3) is 0 Å². The first-order chi connectivity index (χ1) is 3.41. The normalized spacial score (nSPS) is 9.43. The van der Waals surface area contributed by atoms with Gasteiger partial charge in [0.2, 0.25) is 0 Å². The Morgan fingerprint density at radius 2 is 2.43 bits per heavy atom. The van der Waals surface area contributed by atoms with E-state index in [-0.39, 0.29) is 0 Å². The average molecular weight is 103 g/mol. The SMILES string of the molecule is CN/N=C/NOC. The van der Waals surface area contributed by atoms with Crippen LogP contribution in [0.25, 0.3) is 0 Å². The molecule has 7 heavy (non-hydrogen) atoms. The van der Waals surface area contributed by atoms with E-state index in [4.69, 9.17) is 0 Å². The van der Waals surface area contributed by atoms with Crippen molar-refractivity contribution >= 4 is 6.34 Å². The van der Waals surface area contributed by atoms with Crippen LogP contribution in [0.3, 0.4) is 0 Å². The van der Waals surface area contributed by atoms with Gasteiger partial charge < -0.3 is 5.43 Å². The minimum absolute atomic E-state index is 1.40. The van der Waals surface area contributed by atoms with Crippen LogP contribution in [0.15, 0.2) is 5.10 Å². The number of rotatable bonds is 3. The average Bonchev–Trinajstić information content (AvgIpc) is 1.69. The van der Waals surface area contributed by atoms with Crippen molar-refractivity contribution in [3.8, 4) is 0 Å². The lowest BCUT2D eigenvalue weighted by atomic mass is 11.3. The van der Waals surface area contributed by atoms with Crippen molar-refractivity contribution in [3.63, 3.8) is 0 Å². The van der Waals surface area contributed by atoms with E-state index in [9.17, 15) is 0 Å². The maximum atomic E-state index is 4.40. The molecule has 0 radical (unpaired) electrons. The van der Waals surface area contributed by atoms with Crippen LogP contribution in [0.5, 0.6) is 0 Å². The fourth-order valence-corrected chi connectivity index (χ4v) is 0.144. The van der Waals surface area contributed by atoms with Crippen LogP contribution in [0.1, 0.15) is 0 Å². The minimum Gasteiger partial charge on any atom is -0.312 e. The summed E-state index contributed by atoms with van der Waals surface area (Å²) >= 11 is 0. The molecule has 0 saturated heterocycles. The van der Waals surface area contributed by atoms with Gasteiger partial charge in [-0.2, -0.15) is 5.10 Å². The highest BCUT2D eigenvalue weighted by Crippen LogP contribution is 1.46. The zero-order valence-corrected chi connectivity index (χ0v) is 4.43. The molecule has 0 bridgehead atoms. The third-order valence-corrected chi connectivity index (χ3v) is 0.364. The fraction of sp³-hybridized carbons (Fsp3) is 0.667. The predicted octanol–water partition coefficient (Wildman–Crippen LogP) is -0.700. The molecule has 0 spiro atoms. The highest BCUT2D eigenvalue weighted by molar-refractivity contribution is 5.51. The van der Waals surface area contributed by atoms with Crippen molar-refractivity contribution < 1.29 is 4.84 Å². The van der Waals surface area contributed by atoms with Gasteiger partial charge in [-0.25, -0.2) is 0 Å². The maximum Gasteiger partial charge on any atom is 0.132 e. The highest BCUT2D eigenvalue weighted by atomic mass is 16.6.